The normalized spacial score (nSPS) is 11.2. The van der Waals surface area contributed by atoms with Crippen LogP contribution in [0.5, 0.6) is 5.75 Å². The number of benzene rings is 2. The minimum absolute atomic E-state index is 0.0387. The number of hydrogen-bond acceptors (Lipinski definition) is 5. The summed E-state index contributed by atoms with van der Waals surface area (Å²) in [6, 6.07) is 13.7. The summed E-state index contributed by atoms with van der Waals surface area (Å²) in [5.41, 5.74) is 0.143. The van der Waals surface area contributed by atoms with Crippen molar-refractivity contribution in [1.29, 1.82) is 0 Å². The number of alkyl halides is 3. The smallest absolute Gasteiger partial charge is 0.421 e. The molecule has 1 heterocycles. The molecular formula is C19H16BrF3N4O. The summed E-state index contributed by atoms with van der Waals surface area (Å²) in [7, 11) is 0. The highest BCUT2D eigenvalue weighted by Crippen LogP contribution is 2.35. The Kier molecular flexibility index (Phi) is 6.03. The van der Waals surface area contributed by atoms with Crippen LogP contribution in [0.2, 0.25) is 0 Å². The summed E-state index contributed by atoms with van der Waals surface area (Å²) in [4.78, 5) is 7.81. The molecule has 0 aliphatic carbocycles. The van der Waals surface area contributed by atoms with Gasteiger partial charge in [0.2, 0.25) is 5.95 Å². The number of hydrogen-bond donors (Lipinski definition) is 2. The third-order valence-corrected chi connectivity index (χ3v) is 4.15. The van der Waals surface area contributed by atoms with E-state index in [1.807, 2.05) is 6.92 Å². The fraction of sp³-hybridized carbons (Fsp3) is 0.158. The van der Waals surface area contributed by atoms with Crippen molar-refractivity contribution in [1.82, 2.24) is 9.97 Å². The van der Waals surface area contributed by atoms with Crippen LogP contribution in [-0.2, 0) is 6.18 Å². The second-order valence-electron chi connectivity index (χ2n) is 5.67. The van der Waals surface area contributed by atoms with Crippen LogP contribution in [0, 0.1) is 0 Å². The molecule has 0 bridgehead atoms. The van der Waals surface area contributed by atoms with E-state index in [4.69, 9.17) is 4.74 Å². The first-order valence-electron chi connectivity index (χ1n) is 8.32. The molecule has 0 saturated heterocycles. The minimum Gasteiger partial charge on any atom is -0.494 e. The molecule has 28 heavy (non-hydrogen) atoms. The second kappa shape index (κ2) is 8.47. The molecule has 2 N–H and O–H groups in total. The minimum atomic E-state index is -4.59. The Bertz CT molecular complexity index is 931. The lowest BCUT2D eigenvalue weighted by Crippen LogP contribution is -2.12. The van der Waals surface area contributed by atoms with E-state index in [1.54, 1.807) is 48.5 Å². The van der Waals surface area contributed by atoms with Crippen molar-refractivity contribution in [3.63, 3.8) is 0 Å². The van der Waals surface area contributed by atoms with Gasteiger partial charge in [0.1, 0.15) is 17.1 Å². The van der Waals surface area contributed by atoms with Crippen LogP contribution in [0.1, 0.15) is 12.5 Å². The Morgan fingerprint density at radius 2 is 1.57 bits per heavy atom. The zero-order valence-electron chi connectivity index (χ0n) is 14.7. The van der Waals surface area contributed by atoms with Gasteiger partial charge >= 0.3 is 6.18 Å². The number of ether oxygens (including phenoxy) is 1. The molecular weight excluding hydrogens is 437 g/mol. The first-order valence-corrected chi connectivity index (χ1v) is 9.11. The molecule has 0 amide bonds. The Hall–Kier alpha value is -2.81. The molecule has 0 aliphatic heterocycles. The number of nitrogens with zero attached hydrogens (tertiary/aromatic N) is 2. The van der Waals surface area contributed by atoms with Gasteiger partial charge in [0.05, 0.1) is 6.61 Å². The lowest BCUT2D eigenvalue weighted by molar-refractivity contribution is -0.137. The summed E-state index contributed by atoms with van der Waals surface area (Å²) in [5.74, 6) is 0.397. The first-order chi connectivity index (χ1) is 13.3. The van der Waals surface area contributed by atoms with E-state index in [1.165, 1.54) is 0 Å². The van der Waals surface area contributed by atoms with E-state index < -0.39 is 11.7 Å². The predicted molar refractivity (Wildman–Crippen MR) is 105 cm³/mol. The van der Waals surface area contributed by atoms with Gasteiger partial charge in [-0.25, -0.2) is 4.98 Å². The van der Waals surface area contributed by atoms with Crippen LogP contribution < -0.4 is 15.4 Å². The van der Waals surface area contributed by atoms with E-state index in [0.29, 0.717) is 23.7 Å². The summed E-state index contributed by atoms with van der Waals surface area (Å²) < 4.78 is 46.2. The maximum absolute atomic E-state index is 13.3. The quantitative estimate of drug-likeness (QED) is 0.470. The van der Waals surface area contributed by atoms with Gasteiger partial charge < -0.3 is 15.4 Å². The summed E-state index contributed by atoms with van der Waals surface area (Å²) in [6.07, 6.45) is -3.83. The molecule has 0 spiro atoms. The van der Waals surface area contributed by atoms with Crippen molar-refractivity contribution in [3.05, 3.63) is 64.8 Å². The van der Waals surface area contributed by atoms with Crippen molar-refractivity contribution in [3.8, 4) is 5.75 Å². The van der Waals surface area contributed by atoms with Gasteiger partial charge in [-0.3, -0.25) is 0 Å². The van der Waals surface area contributed by atoms with E-state index in [0.717, 1.165) is 10.7 Å². The molecule has 0 radical (unpaired) electrons. The highest BCUT2D eigenvalue weighted by atomic mass is 79.9. The Labute approximate surface area is 168 Å². The van der Waals surface area contributed by atoms with Crippen molar-refractivity contribution in [2.24, 2.45) is 0 Å². The largest absolute Gasteiger partial charge is 0.494 e. The average molecular weight is 453 g/mol. The molecule has 0 atom stereocenters. The van der Waals surface area contributed by atoms with Gasteiger partial charge in [-0.05, 0) is 55.5 Å². The zero-order valence-corrected chi connectivity index (χ0v) is 16.3. The number of halogens is 4. The summed E-state index contributed by atoms with van der Waals surface area (Å²) >= 11 is 3.29. The molecule has 5 nitrogen and oxygen atoms in total. The number of rotatable bonds is 6. The highest BCUT2D eigenvalue weighted by molar-refractivity contribution is 9.10. The van der Waals surface area contributed by atoms with Crippen LogP contribution in [0.15, 0.2) is 59.2 Å². The van der Waals surface area contributed by atoms with Gasteiger partial charge in [0.15, 0.2) is 0 Å². The molecule has 3 rings (SSSR count). The zero-order chi connectivity index (χ0) is 20.1. The third kappa shape index (κ3) is 5.13. The standard InChI is InChI=1S/C19H16BrF3N4O/c1-2-28-15-9-7-14(8-10-15)26-18-24-11-16(19(21,22)23)17(27-18)25-13-5-3-12(20)4-6-13/h3-11H,2H2,1H3,(H2,24,25,26,27). The molecule has 1 aromatic heterocycles. The topological polar surface area (TPSA) is 59.1 Å². The van der Waals surface area contributed by atoms with Crippen molar-refractivity contribution in [2.45, 2.75) is 13.1 Å². The number of anilines is 4. The Balaban J connectivity index is 1.87. The molecule has 0 aliphatic rings. The van der Waals surface area contributed by atoms with Crippen molar-refractivity contribution < 1.29 is 17.9 Å². The third-order valence-electron chi connectivity index (χ3n) is 3.62. The van der Waals surface area contributed by atoms with Crippen molar-refractivity contribution in [2.75, 3.05) is 17.2 Å². The van der Waals surface area contributed by atoms with Crippen LogP contribution >= 0.6 is 15.9 Å². The van der Waals surface area contributed by atoms with E-state index in [9.17, 15) is 13.2 Å². The Morgan fingerprint density at radius 3 is 2.18 bits per heavy atom. The fourth-order valence-electron chi connectivity index (χ4n) is 2.34. The lowest BCUT2D eigenvalue weighted by atomic mass is 10.2. The van der Waals surface area contributed by atoms with E-state index in [2.05, 4.69) is 36.5 Å². The molecule has 0 fully saturated rings. The summed E-state index contributed by atoms with van der Waals surface area (Å²) in [5, 5.41) is 5.60. The van der Waals surface area contributed by atoms with Gasteiger partial charge in [-0.1, -0.05) is 15.9 Å². The number of nitrogens with one attached hydrogen (secondary N) is 2. The monoisotopic (exact) mass is 452 g/mol. The fourth-order valence-corrected chi connectivity index (χ4v) is 2.61. The first kappa shape index (κ1) is 19.9. The molecule has 2 aromatic carbocycles. The van der Waals surface area contributed by atoms with E-state index in [-0.39, 0.29) is 11.8 Å². The van der Waals surface area contributed by atoms with Crippen LogP contribution in [0.25, 0.3) is 0 Å². The molecule has 9 heteroatoms. The van der Waals surface area contributed by atoms with Crippen molar-refractivity contribution >= 4 is 39.1 Å². The maximum Gasteiger partial charge on any atom is 0.421 e. The predicted octanol–water partition coefficient (Wildman–Crippen LogP) is 6.14. The van der Waals surface area contributed by atoms with Crippen LogP contribution in [-0.4, -0.2) is 16.6 Å². The highest BCUT2D eigenvalue weighted by Gasteiger charge is 2.35. The molecule has 146 valence electrons. The van der Waals surface area contributed by atoms with Gasteiger partial charge in [-0.15, -0.1) is 0 Å². The SMILES string of the molecule is CCOc1ccc(Nc2ncc(C(F)(F)F)c(Nc3ccc(Br)cc3)n2)cc1. The maximum atomic E-state index is 13.3. The molecule has 0 unspecified atom stereocenters. The van der Waals surface area contributed by atoms with Crippen LogP contribution in [0.3, 0.4) is 0 Å². The van der Waals surface area contributed by atoms with Crippen LogP contribution in [0.4, 0.5) is 36.3 Å². The van der Waals surface area contributed by atoms with E-state index >= 15 is 0 Å². The average Bonchev–Trinajstić information content (AvgIpc) is 2.65. The van der Waals surface area contributed by atoms with Gasteiger partial charge in [0.25, 0.3) is 0 Å². The molecule has 3 aromatic rings. The number of aromatic nitrogens is 2. The van der Waals surface area contributed by atoms with Gasteiger partial charge in [0, 0.05) is 22.0 Å². The molecule has 0 saturated carbocycles. The van der Waals surface area contributed by atoms with Gasteiger partial charge in [-0.2, -0.15) is 18.2 Å². The second-order valence-corrected chi connectivity index (χ2v) is 6.58. The Morgan fingerprint density at radius 1 is 0.964 bits per heavy atom. The summed E-state index contributed by atoms with van der Waals surface area (Å²) in [6.45, 7) is 2.42. The lowest BCUT2D eigenvalue weighted by Gasteiger charge is -2.15.